The van der Waals surface area contributed by atoms with Gasteiger partial charge in [0.05, 0.1) is 12.4 Å². The minimum absolute atomic E-state index is 0.306. The molecule has 4 nitrogen and oxygen atoms in total. The number of carbonyl (C=O) groups excluding carboxylic acids is 1. The molecule has 0 radical (unpaired) electrons. The molecule has 1 aliphatic heterocycles. The number of nitrogens with zero attached hydrogens (tertiary/aromatic N) is 2. The van der Waals surface area contributed by atoms with Gasteiger partial charge in [-0.25, -0.2) is 0 Å². The Morgan fingerprint density at radius 1 is 1.04 bits per heavy atom. The molecule has 0 saturated heterocycles. The molecular formula is C21H20N2O2. The van der Waals surface area contributed by atoms with Crippen LogP contribution in [-0.2, 0) is 4.79 Å². The Bertz CT molecular complexity index is 976. The fourth-order valence-electron chi connectivity index (χ4n) is 3.54. The molecule has 1 heterocycles. The maximum atomic E-state index is 11.3. The van der Waals surface area contributed by atoms with E-state index in [1.807, 2.05) is 19.1 Å². The van der Waals surface area contributed by atoms with Gasteiger partial charge in [0.1, 0.15) is 5.75 Å². The van der Waals surface area contributed by atoms with Gasteiger partial charge < -0.3 is 14.5 Å². The molecule has 4 heteroatoms. The molecule has 3 aromatic rings. The van der Waals surface area contributed by atoms with E-state index in [4.69, 9.17) is 4.74 Å². The quantitative estimate of drug-likeness (QED) is 0.506. The van der Waals surface area contributed by atoms with E-state index in [9.17, 15) is 4.79 Å². The van der Waals surface area contributed by atoms with Crippen molar-refractivity contribution in [1.82, 2.24) is 0 Å². The second-order valence-corrected chi connectivity index (χ2v) is 6.52. The predicted molar refractivity (Wildman–Crippen MR) is 102 cm³/mol. The van der Waals surface area contributed by atoms with Crippen LogP contribution in [0.25, 0.3) is 10.8 Å². The number of esters is 1. The summed E-state index contributed by atoms with van der Waals surface area (Å²) in [4.78, 5) is 15.8. The largest absolute Gasteiger partial charge is 0.427 e. The molecule has 0 aromatic heterocycles. The van der Waals surface area contributed by atoms with Crippen molar-refractivity contribution in [3.63, 3.8) is 0 Å². The third-order valence-corrected chi connectivity index (χ3v) is 4.53. The van der Waals surface area contributed by atoms with Crippen LogP contribution in [0.3, 0.4) is 0 Å². The maximum absolute atomic E-state index is 11.3. The zero-order chi connectivity index (χ0) is 17.6. The Kier molecular flexibility index (Phi) is 3.61. The highest BCUT2D eigenvalue weighted by molar-refractivity contribution is 6.06. The van der Waals surface area contributed by atoms with Gasteiger partial charge >= 0.3 is 5.97 Å². The number of hydrogen-bond acceptors (Lipinski definition) is 4. The van der Waals surface area contributed by atoms with Crippen LogP contribution < -0.4 is 14.5 Å². The summed E-state index contributed by atoms with van der Waals surface area (Å²) >= 11 is 0. The number of benzene rings is 3. The van der Waals surface area contributed by atoms with Crippen LogP contribution in [-0.4, -0.2) is 19.7 Å². The maximum Gasteiger partial charge on any atom is 0.308 e. The van der Waals surface area contributed by atoms with Crippen LogP contribution in [0.4, 0.5) is 17.1 Å². The van der Waals surface area contributed by atoms with Crippen molar-refractivity contribution < 1.29 is 9.53 Å². The van der Waals surface area contributed by atoms with Gasteiger partial charge in [0.15, 0.2) is 0 Å². The molecule has 1 aliphatic rings. The first-order valence-corrected chi connectivity index (χ1v) is 8.33. The molecule has 0 unspecified atom stereocenters. The summed E-state index contributed by atoms with van der Waals surface area (Å²) in [6.07, 6.45) is 0. The van der Waals surface area contributed by atoms with Crippen LogP contribution in [0.15, 0.2) is 54.6 Å². The van der Waals surface area contributed by atoms with E-state index in [-0.39, 0.29) is 5.97 Å². The highest BCUT2D eigenvalue weighted by Gasteiger charge is 2.23. The van der Waals surface area contributed by atoms with Gasteiger partial charge in [-0.15, -0.1) is 0 Å². The molecule has 0 bridgehead atoms. The molecular weight excluding hydrogens is 312 g/mol. The molecule has 0 saturated carbocycles. The van der Waals surface area contributed by atoms with Crippen LogP contribution in [0, 0.1) is 6.92 Å². The van der Waals surface area contributed by atoms with E-state index in [1.54, 1.807) is 0 Å². The Labute approximate surface area is 147 Å². The lowest BCUT2D eigenvalue weighted by Crippen LogP contribution is -2.36. The third-order valence-electron chi connectivity index (χ3n) is 4.53. The molecule has 0 amide bonds. The van der Waals surface area contributed by atoms with E-state index in [0.29, 0.717) is 5.75 Å². The van der Waals surface area contributed by atoms with E-state index >= 15 is 0 Å². The average molecular weight is 332 g/mol. The summed E-state index contributed by atoms with van der Waals surface area (Å²) in [6.45, 7) is 4.17. The van der Waals surface area contributed by atoms with Crippen molar-refractivity contribution in [2.45, 2.75) is 13.8 Å². The topological polar surface area (TPSA) is 32.8 Å². The lowest BCUT2D eigenvalue weighted by atomic mass is 10.0. The van der Waals surface area contributed by atoms with Crippen molar-refractivity contribution in [3.8, 4) is 5.75 Å². The molecule has 0 fully saturated rings. The van der Waals surface area contributed by atoms with Crippen LogP contribution in [0.2, 0.25) is 0 Å². The average Bonchev–Trinajstić information content (AvgIpc) is 2.57. The first-order valence-electron chi connectivity index (χ1n) is 8.33. The molecule has 0 aliphatic carbocycles. The van der Waals surface area contributed by atoms with E-state index < -0.39 is 0 Å². The Balaban J connectivity index is 1.89. The number of ether oxygens (including phenoxy) is 1. The van der Waals surface area contributed by atoms with Crippen LogP contribution in [0.5, 0.6) is 5.75 Å². The molecule has 0 spiro atoms. The van der Waals surface area contributed by atoms with Gasteiger partial charge in [0.25, 0.3) is 0 Å². The van der Waals surface area contributed by atoms with Crippen LogP contribution >= 0.6 is 0 Å². The number of hydrogen-bond donors (Lipinski definition) is 0. The monoisotopic (exact) mass is 332 g/mol. The Hall–Kier alpha value is -3.01. The fourth-order valence-corrected chi connectivity index (χ4v) is 3.54. The molecule has 3 aromatic carbocycles. The second kappa shape index (κ2) is 5.81. The summed E-state index contributed by atoms with van der Waals surface area (Å²) in [6, 6.07) is 18.7. The molecule has 0 atom stereocenters. The minimum Gasteiger partial charge on any atom is -0.427 e. The summed E-state index contributed by atoms with van der Waals surface area (Å²) in [5, 5.41) is 2.47. The van der Waals surface area contributed by atoms with E-state index in [2.05, 4.69) is 59.3 Å². The molecule has 25 heavy (non-hydrogen) atoms. The van der Waals surface area contributed by atoms with Crippen molar-refractivity contribution >= 4 is 33.8 Å². The zero-order valence-corrected chi connectivity index (χ0v) is 14.6. The summed E-state index contributed by atoms with van der Waals surface area (Å²) < 4.78 is 5.32. The molecule has 126 valence electrons. The SMILES string of the molecule is CC(=O)Oc1cc(C)cc(N2CN(C)c3cccc4cccc2c34)c1. The standard InChI is InChI=1S/C21H20N2O2/c1-14-10-17(12-18(11-14)25-15(2)24)23-13-22(3)19-8-4-6-16-7-5-9-20(23)21(16)19/h4-12H,13H2,1-3H3. The second-order valence-electron chi connectivity index (χ2n) is 6.52. The van der Waals surface area contributed by atoms with E-state index in [0.717, 1.165) is 17.9 Å². The summed E-state index contributed by atoms with van der Waals surface area (Å²) in [5.74, 6) is 0.274. The van der Waals surface area contributed by atoms with Gasteiger partial charge in [-0.3, -0.25) is 4.79 Å². The lowest BCUT2D eigenvalue weighted by Gasteiger charge is -2.37. The molecule has 0 N–H and O–H groups in total. The van der Waals surface area contributed by atoms with Crippen molar-refractivity contribution in [1.29, 1.82) is 0 Å². The number of aryl methyl sites for hydroxylation is 1. The fraction of sp³-hybridized carbons (Fsp3) is 0.190. The third kappa shape index (κ3) is 2.70. The van der Waals surface area contributed by atoms with Gasteiger partial charge in [-0.05, 0) is 42.1 Å². The van der Waals surface area contributed by atoms with Crippen LogP contribution in [0.1, 0.15) is 12.5 Å². The summed E-state index contributed by atoms with van der Waals surface area (Å²) in [5.41, 5.74) is 4.48. The normalized spacial score (nSPS) is 13.2. The molecule has 4 rings (SSSR count). The number of carbonyl (C=O) groups is 1. The smallest absolute Gasteiger partial charge is 0.308 e. The van der Waals surface area contributed by atoms with E-state index in [1.165, 1.54) is 29.1 Å². The minimum atomic E-state index is -0.306. The Morgan fingerprint density at radius 2 is 1.76 bits per heavy atom. The van der Waals surface area contributed by atoms with Crippen molar-refractivity contribution in [2.75, 3.05) is 23.5 Å². The summed E-state index contributed by atoms with van der Waals surface area (Å²) in [7, 11) is 2.10. The van der Waals surface area contributed by atoms with Crippen molar-refractivity contribution in [2.24, 2.45) is 0 Å². The van der Waals surface area contributed by atoms with Gasteiger partial charge in [-0.2, -0.15) is 0 Å². The van der Waals surface area contributed by atoms with Gasteiger partial charge in [-0.1, -0.05) is 24.3 Å². The lowest BCUT2D eigenvalue weighted by molar-refractivity contribution is -0.131. The first-order chi connectivity index (χ1) is 12.0. The highest BCUT2D eigenvalue weighted by Crippen LogP contribution is 2.42. The zero-order valence-electron chi connectivity index (χ0n) is 14.6. The first kappa shape index (κ1) is 15.5. The number of anilines is 3. The van der Waals surface area contributed by atoms with Crippen molar-refractivity contribution in [3.05, 3.63) is 60.2 Å². The number of rotatable bonds is 2. The predicted octanol–water partition coefficient (Wildman–Crippen LogP) is 4.62. The Morgan fingerprint density at radius 3 is 2.48 bits per heavy atom. The van der Waals surface area contributed by atoms with Gasteiger partial charge in [0.2, 0.25) is 0 Å². The van der Waals surface area contributed by atoms with Gasteiger partial charge in [0, 0.05) is 36.8 Å². The highest BCUT2D eigenvalue weighted by atomic mass is 16.5.